The number of thiophene rings is 1. The molecule has 0 radical (unpaired) electrons. The second-order valence-corrected chi connectivity index (χ2v) is 9.24. The van der Waals surface area contributed by atoms with Gasteiger partial charge in [0.05, 0.1) is 30.7 Å². The average molecular weight is 463 g/mol. The van der Waals surface area contributed by atoms with E-state index in [4.69, 9.17) is 4.74 Å². The molecular formula is C25H22N2O5S. The van der Waals surface area contributed by atoms with E-state index in [-0.39, 0.29) is 6.42 Å². The lowest BCUT2D eigenvalue weighted by Gasteiger charge is -2.31. The van der Waals surface area contributed by atoms with Crippen molar-refractivity contribution in [3.63, 3.8) is 0 Å². The summed E-state index contributed by atoms with van der Waals surface area (Å²) >= 11 is 1.43. The largest absolute Gasteiger partial charge is 0.495 e. The molecule has 0 spiro atoms. The molecular weight excluding hydrogens is 440 g/mol. The van der Waals surface area contributed by atoms with Gasteiger partial charge in [0, 0.05) is 11.3 Å². The van der Waals surface area contributed by atoms with E-state index in [9.17, 15) is 19.5 Å². The van der Waals surface area contributed by atoms with Crippen LogP contribution in [0, 0.1) is 11.8 Å². The third-order valence-corrected chi connectivity index (χ3v) is 7.49. The van der Waals surface area contributed by atoms with Crippen molar-refractivity contribution >= 4 is 34.8 Å². The molecule has 2 aromatic carbocycles. The van der Waals surface area contributed by atoms with Crippen LogP contribution in [-0.4, -0.2) is 35.5 Å². The van der Waals surface area contributed by atoms with Gasteiger partial charge in [0.25, 0.3) is 0 Å². The molecule has 5 rings (SSSR count). The fraction of sp³-hybridized carbons (Fsp3) is 0.240. The molecule has 0 unspecified atom stereocenters. The highest BCUT2D eigenvalue weighted by molar-refractivity contribution is 7.10. The van der Waals surface area contributed by atoms with Crippen LogP contribution >= 0.6 is 11.3 Å². The van der Waals surface area contributed by atoms with Crippen molar-refractivity contribution < 1.29 is 24.2 Å². The Labute approximate surface area is 194 Å². The minimum atomic E-state index is -1.63. The predicted molar refractivity (Wildman–Crippen MR) is 123 cm³/mol. The Kier molecular flexibility index (Phi) is 5.26. The predicted octanol–water partition coefficient (Wildman–Crippen LogP) is 3.27. The molecule has 2 aliphatic heterocycles. The molecule has 4 atom stereocenters. The van der Waals surface area contributed by atoms with Gasteiger partial charge >= 0.3 is 5.97 Å². The van der Waals surface area contributed by atoms with E-state index in [1.807, 2.05) is 47.8 Å². The van der Waals surface area contributed by atoms with E-state index in [1.54, 1.807) is 24.3 Å². The summed E-state index contributed by atoms with van der Waals surface area (Å²) in [6.07, 6.45) is 0.0744. The van der Waals surface area contributed by atoms with Crippen molar-refractivity contribution in [1.82, 2.24) is 5.32 Å². The number of benzene rings is 2. The Balaban J connectivity index is 1.66. The molecule has 3 heterocycles. The first-order valence-electron chi connectivity index (χ1n) is 10.6. The van der Waals surface area contributed by atoms with Crippen molar-refractivity contribution in [2.45, 2.75) is 18.0 Å². The summed E-state index contributed by atoms with van der Waals surface area (Å²) < 4.78 is 5.39. The molecule has 33 heavy (non-hydrogen) atoms. The van der Waals surface area contributed by atoms with Crippen molar-refractivity contribution in [3.8, 4) is 5.75 Å². The van der Waals surface area contributed by atoms with Gasteiger partial charge < -0.3 is 9.84 Å². The Bertz CT molecular complexity index is 1210. The minimum Gasteiger partial charge on any atom is -0.495 e. The molecule has 0 aliphatic carbocycles. The Hall–Kier alpha value is -3.49. The molecule has 1 aromatic heterocycles. The monoisotopic (exact) mass is 462 g/mol. The average Bonchev–Trinajstić information content (AvgIpc) is 3.52. The molecule has 8 heteroatoms. The molecule has 0 bridgehead atoms. The fourth-order valence-electron chi connectivity index (χ4n) is 5.12. The van der Waals surface area contributed by atoms with Gasteiger partial charge in [-0.25, -0.2) is 4.90 Å². The maximum atomic E-state index is 13.8. The number of fused-ring (bicyclic) bond motifs is 1. The van der Waals surface area contributed by atoms with Gasteiger partial charge in [-0.3, -0.25) is 19.7 Å². The second kappa shape index (κ2) is 8.13. The Morgan fingerprint density at radius 2 is 1.79 bits per heavy atom. The zero-order valence-electron chi connectivity index (χ0n) is 17.8. The molecule has 0 saturated carbocycles. The first-order chi connectivity index (χ1) is 16.0. The lowest BCUT2D eigenvalue weighted by Crippen LogP contribution is -2.57. The van der Waals surface area contributed by atoms with Crippen molar-refractivity contribution in [3.05, 3.63) is 82.6 Å². The van der Waals surface area contributed by atoms with Gasteiger partial charge in [-0.15, -0.1) is 11.3 Å². The molecule has 2 aliphatic rings. The third kappa shape index (κ3) is 3.25. The number of nitrogens with zero attached hydrogens (tertiary/aromatic N) is 1. The number of methoxy groups -OCH3 is 1. The number of ether oxygens (including phenoxy) is 1. The van der Waals surface area contributed by atoms with Gasteiger partial charge in [-0.1, -0.05) is 48.5 Å². The number of carboxylic acid groups (broad SMARTS) is 1. The number of carbonyl (C=O) groups is 3. The number of aliphatic carboxylic acids is 1. The van der Waals surface area contributed by atoms with E-state index in [2.05, 4.69) is 5.32 Å². The van der Waals surface area contributed by atoms with Gasteiger partial charge in [0.1, 0.15) is 11.3 Å². The number of hydrogen-bond acceptors (Lipinski definition) is 6. The molecule has 2 saturated heterocycles. The lowest BCUT2D eigenvalue weighted by atomic mass is 9.76. The Morgan fingerprint density at radius 1 is 1.06 bits per heavy atom. The maximum Gasteiger partial charge on any atom is 0.325 e. The second-order valence-electron chi connectivity index (χ2n) is 8.26. The quantitative estimate of drug-likeness (QED) is 0.546. The standard InChI is InChI=1S/C25H22N2O5S/c1-32-17-11-6-5-10-16(17)27-22(28)19-20(23(27)29)25(24(30)31,14-15-8-3-2-4-9-15)26-21(19)18-12-7-13-33-18/h2-13,19-21,26H,14H2,1H3,(H,30,31)/t19-,20-,21-,25-/m0/s1. The summed E-state index contributed by atoms with van der Waals surface area (Å²) in [5.41, 5.74) is -0.535. The molecule has 7 nitrogen and oxygen atoms in total. The summed E-state index contributed by atoms with van der Waals surface area (Å²) in [4.78, 5) is 42.4. The van der Waals surface area contributed by atoms with Gasteiger partial charge in [-0.2, -0.15) is 0 Å². The van der Waals surface area contributed by atoms with E-state index >= 15 is 0 Å². The zero-order valence-corrected chi connectivity index (χ0v) is 18.6. The van der Waals surface area contributed by atoms with Crippen molar-refractivity contribution in [2.75, 3.05) is 12.0 Å². The highest BCUT2D eigenvalue weighted by Gasteiger charge is 2.69. The third-order valence-electron chi connectivity index (χ3n) is 6.54. The highest BCUT2D eigenvalue weighted by Crippen LogP contribution is 2.52. The van der Waals surface area contributed by atoms with Crippen molar-refractivity contribution in [2.24, 2.45) is 11.8 Å². The van der Waals surface area contributed by atoms with Crippen LogP contribution in [0.15, 0.2) is 72.1 Å². The van der Waals surface area contributed by atoms with Crippen LogP contribution < -0.4 is 15.0 Å². The number of hydrogen-bond donors (Lipinski definition) is 2. The number of para-hydroxylation sites is 2. The minimum absolute atomic E-state index is 0.0744. The maximum absolute atomic E-state index is 13.8. The fourth-order valence-corrected chi connectivity index (χ4v) is 5.94. The van der Waals surface area contributed by atoms with Crippen LogP contribution in [0.4, 0.5) is 5.69 Å². The number of imide groups is 1. The highest BCUT2D eigenvalue weighted by atomic mass is 32.1. The van der Waals surface area contributed by atoms with Crippen LogP contribution in [-0.2, 0) is 20.8 Å². The van der Waals surface area contributed by atoms with Crippen LogP contribution in [0.3, 0.4) is 0 Å². The number of rotatable bonds is 6. The van der Waals surface area contributed by atoms with Crippen LogP contribution in [0.5, 0.6) is 5.75 Å². The SMILES string of the molecule is COc1ccccc1N1C(=O)[C@H]2[C@@H](C1=O)[C@@](Cc1ccccc1)(C(=O)O)N[C@H]2c1cccs1. The summed E-state index contributed by atoms with van der Waals surface area (Å²) in [5.74, 6) is -3.64. The zero-order chi connectivity index (χ0) is 23.2. The van der Waals surface area contributed by atoms with E-state index in [0.29, 0.717) is 11.4 Å². The van der Waals surface area contributed by atoms with Gasteiger partial charge in [0.15, 0.2) is 0 Å². The molecule has 168 valence electrons. The molecule has 3 aromatic rings. The summed E-state index contributed by atoms with van der Waals surface area (Å²) in [6, 6.07) is 19.1. The van der Waals surface area contributed by atoms with Crippen LogP contribution in [0.25, 0.3) is 0 Å². The Morgan fingerprint density at radius 3 is 2.45 bits per heavy atom. The summed E-state index contributed by atoms with van der Waals surface area (Å²) in [7, 11) is 1.47. The first-order valence-corrected chi connectivity index (χ1v) is 11.4. The smallest absolute Gasteiger partial charge is 0.325 e. The van der Waals surface area contributed by atoms with E-state index in [1.165, 1.54) is 18.4 Å². The molecule has 2 amide bonds. The number of carbonyl (C=O) groups excluding carboxylic acids is 2. The van der Waals surface area contributed by atoms with E-state index in [0.717, 1.165) is 15.3 Å². The summed E-state index contributed by atoms with van der Waals surface area (Å²) in [5, 5.41) is 15.6. The lowest BCUT2D eigenvalue weighted by molar-refractivity contribution is -0.148. The van der Waals surface area contributed by atoms with Gasteiger partial charge in [0.2, 0.25) is 11.8 Å². The first kappa shape index (κ1) is 21.4. The van der Waals surface area contributed by atoms with Crippen LogP contribution in [0.2, 0.25) is 0 Å². The topological polar surface area (TPSA) is 95.9 Å². The van der Waals surface area contributed by atoms with Crippen LogP contribution in [0.1, 0.15) is 16.5 Å². The normalized spacial score (nSPS) is 26.5. The van der Waals surface area contributed by atoms with Crippen molar-refractivity contribution in [1.29, 1.82) is 0 Å². The number of amides is 2. The number of carboxylic acids is 1. The number of nitrogens with one attached hydrogen (secondary N) is 1. The summed E-state index contributed by atoms with van der Waals surface area (Å²) in [6.45, 7) is 0. The molecule has 2 fully saturated rings. The molecule has 2 N–H and O–H groups in total. The number of anilines is 1. The van der Waals surface area contributed by atoms with Gasteiger partial charge in [-0.05, 0) is 29.1 Å². The van der Waals surface area contributed by atoms with E-state index < -0.39 is 41.2 Å².